The van der Waals surface area contributed by atoms with E-state index in [1.807, 2.05) is 19.1 Å². The summed E-state index contributed by atoms with van der Waals surface area (Å²) in [7, 11) is 0. The molecule has 0 bridgehead atoms. The standard InChI is InChI=1S/C18H16Br2N2O2/c1-2-16-11-18(24,13-5-9-15(20)10-6-13)22(21-16)17(23)12-3-7-14(19)8-4-12/h3-10,24H,2,11H2,1H3/t18-/m1/s1. The molecule has 0 spiro atoms. The number of benzene rings is 2. The van der Waals surface area contributed by atoms with Crippen molar-refractivity contribution in [2.24, 2.45) is 5.10 Å². The molecule has 24 heavy (non-hydrogen) atoms. The zero-order chi connectivity index (χ0) is 17.3. The fourth-order valence-electron chi connectivity index (χ4n) is 2.68. The predicted molar refractivity (Wildman–Crippen MR) is 101 cm³/mol. The molecule has 6 heteroatoms. The van der Waals surface area contributed by atoms with Crippen LogP contribution in [0.25, 0.3) is 0 Å². The Hall–Kier alpha value is -1.50. The minimum atomic E-state index is -1.46. The minimum Gasteiger partial charge on any atom is -0.365 e. The van der Waals surface area contributed by atoms with Crippen LogP contribution in [0.2, 0.25) is 0 Å². The van der Waals surface area contributed by atoms with Crippen molar-refractivity contribution in [1.82, 2.24) is 5.01 Å². The zero-order valence-electron chi connectivity index (χ0n) is 13.0. The molecule has 0 fully saturated rings. The van der Waals surface area contributed by atoms with Gasteiger partial charge in [0.05, 0.1) is 0 Å². The van der Waals surface area contributed by atoms with Crippen LogP contribution in [0, 0.1) is 0 Å². The third-order valence-electron chi connectivity index (χ3n) is 4.04. The number of halogens is 2. The molecule has 1 atom stereocenters. The number of hydrogen-bond donors (Lipinski definition) is 1. The lowest BCUT2D eigenvalue weighted by atomic mass is 9.96. The van der Waals surface area contributed by atoms with E-state index in [-0.39, 0.29) is 5.91 Å². The number of carbonyl (C=O) groups is 1. The summed E-state index contributed by atoms with van der Waals surface area (Å²) in [6, 6.07) is 14.3. The molecule has 4 nitrogen and oxygen atoms in total. The summed E-state index contributed by atoms with van der Waals surface area (Å²) in [6.07, 6.45) is 0.996. The zero-order valence-corrected chi connectivity index (χ0v) is 16.2. The third kappa shape index (κ3) is 3.18. The largest absolute Gasteiger partial charge is 0.365 e. The van der Waals surface area contributed by atoms with E-state index in [2.05, 4.69) is 37.0 Å². The van der Waals surface area contributed by atoms with Gasteiger partial charge in [0.25, 0.3) is 5.91 Å². The van der Waals surface area contributed by atoms with Gasteiger partial charge >= 0.3 is 0 Å². The highest BCUT2D eigenvalue weighted by Crippen LogP contribution is 2.37. The van der Waals surface area contributed by atoms with Crippen molar-refractivity contribution in [3.63, 3.8) is 0 Å². The van der Waals surface area contributed by atoms with Crippen molar-refractivity contribution >= 4 is 43.5 Å². The minimum absolute atomic E-state index is 0.313. The maximum absolute atomic E-state index is 12.9. The molecule has 0 unspecified atom stereocenters. The molecule has 2 aromatic rings. The van der Waals surface area contributed by atoms with E-state index in [0.29, 0.717) is 24.0 Å². The Labute approximate surface area is 157 Å². The average Bonchev–Trinajstić information content (AvgIpc) is 2.93. The van der Waals surface area contributed by atoms with Gasteiger partial charge in [0.2, 0.25) is 0 Å². The van der Waals surface area contributed by atoms with Gasteiger partial charge in [-0.25, -0.2) is 0 Å². The highest BCUT2D eigenvalue weighted by atomic mass is 79.9. The van der Waals surface area contributed by atoms with Crippen molar-refractivity contribution < 1.29 is 9.90 Å². The molecule has 0 aliphatic carbocycles. The lowest BCUT2D eigenvalue weighted by Gasteiger charge is -2.31. The number of hydrazone groups is 1. The van der Waals surface area contributed by atoms with Crippen LogP contribution in [0.5, 0.6) is 0 Å². The van der Waals surface area contributed by atoms with Gasteiger partial charge in [-0.1, -0.05) is 50.9 Å². The van der Waals surface area contributed by atoms with Crippen molar-refractivity contribution in [2.75, 3.05) is 0 Å². The second kappa shape index (κ2) is 6.78. The van der Waals surface area contributed by atoms with Crippen LogP contribution in [0.1, 0.15) is 35.7 Å². The molecule has 0 aromatic heterocycles. The smallest absolute Gasteiger partial charge is 0.276 e. The Morgan fingerprint density at radius 3 is 2.21 bits per heavy atom. The van der Waals surface area contributed by atoms with E-state index in [1.54, 1.807) is 36.4 Å². The maximum Gasteiger partial charge on any atom is 0.276 e. The summed E-state index contributed by atoms with van der Waals surface area (Å²) in [6.45, 7) is 1.97. The van der Waals surface area contributed by atoms with Crippen molar-refractivity contribution in [3.8, 4) is 0 Å². The van der Waals surface area contributed by atoms with Crippen LogP contribution in [0.4, 0.5) is 0 Å². The molecule has 3 rings (SSSR count). The van der Waals surface area contributed by atoms with Crippen LogP contribution in [-0.2, 0) is 5.72 Å². The summed E-state index contributed by atoms with van der Waals surface area (Å²) < 4.78 is 1.80. The Morgan fingerprint density at radius 1 is 1.12 bits per heavy atom. The molecule has 1 aliphatic heterocycles. The van der Waals surface area contributed by atoms with Crippen molar-refractivity contribution in [2.45, 2.75) is 25.5 Å². The second-order valence-corrected chi connectivity index (χ2v) is 7.48. The van der Waals surface area contributed by atoms with Crippen LogP contribution < -0.4 is 0 Å². The van der Waals surface area contributed by atoms with Crippen LogP contribution in [-0.4, -0.2) is 21.7 Å². The summed E-state index contributed by atoms with van der Waals surface area (Å²) in [5, 5.41) is 16.9. The van der Waals surface area contributed by atoms with E-state index in [0.717, 1.165) is 14.7 Å². The quantitative estimate of drug-likeness (QED) is 0.737. The first-order valence-electron chi connectivity index (χ1n) is 7.59. The second-order valence-electron chi connectivity index (χ2n) is 5.64. The summed E-state index contributed by atoms with van der Waals surface area (Å²) in [4.78, 5) is 12.9. The first-order valence-corrected chi connectivity index (χ1v) is 9.17. The average molecular weight is 452 g/mol. The molecule has 124 valence electrons. The SMILES string of the molecule is CCC1=NN(C(=O)c2ccc(Br)cc2)[C@](O)(c2ccc(Br)cc2)C1. The third-order valence-corrected chi connectivity index (χ3v) is 5.10. The molecule has 0 saturated carbocycles. The fraction of sp³-hybridized carbons (Fsp3) is 0.222. The van der Waals surface area contributed by atoms with E-state index in [4.69, 9.17) is 0 Å². The highest BCUT2D eigenvalue weighted by molar-refractivity contribution is 9.10. The number of aliphatic hydroxyl groups is 1. The summed E-state index contributed by atoms with van der Waals surface area (Å²) in [5.41, 5.74) is 0.458. The number of rotatable bonds is 3. The van der Waals surface area contributed by atoms with Gasteiger partial charge in [-0.05, 0) is 42.8 Å². The molecule has 1 N–H and O–H groups in total. The number of hydrogen-bond acceptors (Lipinski definition) is 3. The van der Waals surface area contributed by atoms with E-state index in [9.17, 15) is 9.90 Å². The van der Waals surface area contributed by atoms with Crippen molar-refractivity contribution in [3.05, 3.63) is 68.6 Å². The van der Waals surface area contributed by atoms with Crippen LogP contribution in [0.15, 0.2) is 62.6 Å². The topological polar surface area (TPSA) is 52.9 Å². The van der Waals surface area contributed by atoms with Gasteiger partial charge in [-0.3, -0.25) is 4.79 Å². The number of nitrogens with zero attached hydrogens (tertiary/aromatic N) is 2. The molecule has 0 radical (unpaired) electrons. The Morgan fingerprint density at radius 2 is 1.67 bits per heavy atom. The normalized spacial score (nSPS) is 20.2. The van der Waals surface area contributed by atoms with E-state index >= 15 is 0 Å². The first kappa shape index (κ1) is 17.3. The molecule has 1 heterocycles. The molecule has 2 aromatic carbocycles. The lowest BCUT2D eigenvalue weighted by molar-refractivity contribution is -0.0765. The van der Waals surface area contributed by atoms with Gasteiger partial charge in [0.15, 0.2) is 5.72 Å². The Kier molecular flexibility index (Phi) is 4.90. The molecule has 1 amide bonds. The molecular weight excluding hydrogens is 436 g/mol. The van der Waals surface area contributed by atoms with Crippen molar-refractivity contribution in [1.29, 1.82) is 0 Å². The summed E-state index contributed by atoms with van der Waals surface area (Å²) >= 11 is 6.75. The maximum atomic E-state index is 12.9. The first-order chi connectivity index (χ1) is 11.4. The van der Waals surface area contributed by atoms with Gasteiger partial charge in [-0.15, -0.1) is 0 Å². The fourth-order valence-corrected chi connectivity index (χ4v) is 3.21. The lowest BCUT2D eigenvalue weighted by Crippen LogP contribution is -2.43. The number of amides is 1. The monoisotopic (exact) mass is 450 g/mol. The Balaban J connectivity index is 2.01. The van der Waals surface area contributed by atoms with Crippen LogP contribution >= 0.6 is 31.9 Å². The van der Waals surface area contributed by atoms with E-state index in [1.165, 1.54) is 5.01 Å². The Bertz CT molecular complexity index is 788. The van der Waals surface area contributed by atoms with Gasteiger partial charge < -0.3 is 5.11 Å². The van der Waals surface area contributed by atoms with Gasteiger partial charge in [0.1, 0.15) is 0 Å². The van der Waals surface area contributed by atoms with E-state index < -0.39 is 5.72 Å². The molecule has 0 saturated heterocycles. The van der Waals surface area contributed by atoms with Crippen LogP contribution in [0.3, 0.4) is 0 Å². The molecule has 1 aliphatic rings. The molecular formula is C18H16Br2N2O2. The summed E-state index contributed by atoms with van der Waals surface area (Å²) in [5.74, 6) is -0.323. The number of carbonyl (C=O) groups excluding carboxylic acids is 1. The predicted octanol–water partition coefficient (Wildman–Crippen LogP) is 4.67. The van der Waals surface area contributed by atoms with Gasteiger partial charge in [0, 0.05) is 32.2 Å². The highest BCUT2D eigenvalue weighted by Gasteiger charge is 2.45. The van der Waals surface area contributed by atoms with Gasteiger partial charge in [-0.2, -0.15) is 10.1 Å².